The molecule has 6 nitrogen and oxygen atoms in total. The van der Waals surface area contributed by atoms with Gasteiger partial charge in [0.25, 0.3) is 5.91 Å². The maximum Gasteiger partial charge on any atom is 0.322 e. The molecule has 3 rings (SSSR count). The number of hydrogen-bond donors (Lipinski definition) is 1. The van der Waals surface area contributed by atoms with Crippen molar-refractivity contribution in [1.29, 1.82) is 0 Å². The van der Waals surface area contributed by atoms with Crippen molar-refractivity contribution in [1.82, 2.24) is 10.2 Å². The summed E-state index contributed by atoms with van der Waals surface area (Å²) in [6, 6.07) is 14.3. The van der Waals surface area contributed by atoms with Crippen LogP contribution >= 0.6 is 27.5 Å². The fourth-order valence-electron chi connectivity index (χ4n) is 1.86. The van der Waals surface area contributed by atoms with E-state index in [0.717, 1.165) is 5.56 Å². The SMILES string of the molecule is O=C(COc1ccc(Cl)cc1Br)Nc1nnc(-c2ccccc2)o1. The highest BCUT2D eigenvalue weighted by Gasteiger charge is 2.12. The van der Waals surface area contributed by atoms with Crippen molar-refractivity contribution in [2.24, 2.45) is 0 Å². The molecule has 24 heavy (non-hydrogen) atoms. The molecule has 0 bridgehead atoms. The molecule has 3 aromatic rings. The molecule has 8 heteroatoms. The van der Waals surface area contributed by atoms with Gasteiger partial charge in [-0.1, -0.05) is 34.9 Å². The monoisotopic (exact) mass is 407 g/mol. The van der Waals surface area contributed by atoms with Crippen molar-refractivity contribution in [3.8, 4) is 17.2 Å². The van der Waals surface area contributed by atoms with Crippen LogP contribution in [0.5, 0.6) is 5.75 Å². The van der Waals surface area contributed by atoms with Crippen LogP contribution in [0.25, 0.3) is 11.5 Å². The van der Waals surface area contributed by atoms with Gasteiger partial charge in [0.2, 0.25) is 5.89 Å². The lowest BCUT2D eigenvalue weighted by Gasteiger charge is -2.07. The summed E-state index contributed by atoms with van der Waals surface area (Å²) in [5, 5.41) is 10.7. The third kappa shape index (κ3) is 4.12. The van der Waals surface area contributed by atoms with E-state index in [4.69, 9.17) is 20.8 Å². The van der Waals surface area contributed by atoms with Crippen LogP contribution in [0.4, 0.5) is 6.01 Å². The molecule has 0 radical (unpaired) electrons. The van der Waals surface area contributed by atoms with Crippen molar-refractivity contribution >= 4 is 39.5 Å². The van der Waals surface area contributed by atoms with Gasteiger partial charge in [-0.25, -0.2) is 0 Å². The summed E-state index contributed by atoms with van der Waals surface area (Å²) in [6.07, 6.45) is 0. The van der Waals surface area contributed by atoms with Crippen molar-refractivity contribution in [2.45, 2.75) is 0 Å². The van der Waals surface area contributed by atoms with E-state index in [1.807, 2.05) is 30.3 Å². The van der Waals surface area contributed by atoms with Crippen molar-refractivity contribution < 1.29 is 13.9 Å². The molecule has 0 aliphatic rings. The van der Waals surface area contributed by atoms with Crippen LogP contribution in [0.15, 0.2) is 57.4 Å². The number of benzene rings is 2. The van der Waals surface area contributed by atoms with Crippen LogP contribution in [0, 0.1) is 0 Å². The zero-order valence-electron chi connectivity index (χ0n) is 12.2. The lowest BCUT2D eigenvalue weighted by molar-refractivity contribution is -0.118. The van der Waals surface area contributed by atoms with Gasteiger partial charge < -0.3 is 9.15 Å². The van der Waals surface area contributed by atoms with Crippen molar-refractivity contribution in [2.75, 3.05) is 11.9 Å². The molecule has 0 aliphatic carbocycles. The highest BCUT2D eigenvalue weighted by atomic mass is 79.9. The molecule has 1 aromatic heterocycles. The number of hydrogen-bond acceptors (Lipinski definition) is 5. The van der Waals surface area contributed by atoms with Gasteiger partial charge in [0.05, 0.1) is 4.47 Å². The largest absolute Gasteiger partial charge is 0.483 e. The quantitative estimate of drug-likeness (QED) is 0.685. The summed E-state index contributed by atoms with van der Waals surface area (Å²) in [5.41, 5.74) is 0.770. The Balaban J connectivity index is 1.58. The molecule has 0 unspecified atom stereocenters. The third-order valence-corrected chi connectivity index (χ3v) is 3.80. The summed E-state index contributed by atoms with van der Waals surface area (Å²) in [7, 11) is 0. The van der Waals surface area contributed by atoms with E-state index in [2.05, 4.69) is 31.4 Å². The number of anilines is 1. The Kier molecular flexibility index (Phi) is 5.12. The van der Waals surface area contributed by atoms with Crippen LogP contribution in [-0.4, -0.2) is 22.7 Å². The Bertz CT molecular complexity index is 855. The van der Waals surface area contributed by atoms with Gasteiger partial charge in [-0.05, 0) is 46.3 Å². The molecule has 1 heterocycles. The van der Waals surface area contributed by atoms with Gasteiger partial charge >= 0.3 is 6.01 Å². The number of carbonyl (C=O) groups is 1. The number of nitrogens with zero attached hydrogens (tertiary/aromatic N) is 2. The second-order valence-electron chi connectivity index (χ2n) is 4.69. The fourth-order valence-corrected chi connectivity index (χ4v) is 2.66. The highest BCUT2D eigenvalue weighted by molar-refractivity contribution is 9.10. The van der Waals surface area contributed by atoms with Crippen LogP contribution < -0.4 is 10.1 Å². The van der Waals surface area contributed by atoms with Gasteiger partial charge in [-0.2, -0.15) is 0 Å². The lowest BCUT2D eigenvalue weighted by atomic mass is 10.2. The predicted octanol–water partition coefficient (Wildman–Crippen LogP) is 4.17. The molecule has 0 aliphatic heterocycles. The first kappa shape index (κ1) is 16.5. The number of ether oxygens (including phenoxy) is 1. The summed E-state index contributed by atoms with van der Waals surface area (Å²) in [5.74, 6) is 0.414. The third-order valence-electron chi connectivity index (χ3n) is 2.94. The molecule has 0 spiro atoms. The first-order valence-corrected chi connectivity index (χ1v) is 8.05. The van der Waals surface area contributed by atoms with Gasteiger partial charge in [-0.3, -0.25) is 10.1 Å². The molecule has 0 fully saturated rings. The summed E-state index contributed by atoms with van der Waals surface area (Å²) in [4.78, 5) is 11.9. The standard InChI is InChI=1S/C16H11BrClN3O3/c17-12-8-11(18)6-7-13(12)23-9-14(22)19-16-21-20-15(24-16)10-4-2-1-3-5-10/h1-8H,9H2,(H,19,21,22). The maximum atomic E-state index is 11.9. The van der Waals surface area contributed by atoms with E-state index in [9.17, 15) is 4.79 Å². The first-order chi connectivity index (χ1) is 11.6. The van der Waals surface area contributed by atoms with E-state index in [-0.39, 0.29) is 12.6 Å². The average molecular weight is 409 g/mol. The zero-order valence-corrected chi connectivity index (χ0v) is 14.5. The summed E-state index contributed by atoms with van der Waals surface area (Å²) >= 11 is 9.16. The molecule has 0 saturated carbocycles. The molecule has 0 atom stereocenters. The Labute approximate surface area is 150 Å². The number of halogens is 2. The number of carbonyl (C=O) groups excluding carboxylic acids is 1. The topological polar surface area (TPSA) is 77.2 Å². The smallest absolute Gasteiger partial charge is 0.322 e. The molecule has 2 aromatic carbocycles. The number of aromatic nitrogens is 2. The van der Waals surface area contributed by atoms with Gasteiger partial charge in [0, 0.05) is 10.6 Å². The van der Waals surface area contributed by atoms with E-state index in [1.165, 1.54) is 0 Å². The van der Waals surface area contributed by atoms with Gasteiger partial charge in [0.15, 0.2) is 6.61 Å². The van der Waals surface area contributed by atoms with Crippen LogP contribution in [0.2, 0.25) is 5.02 Å². The Morgan fingerprint density at radius 2 is 2.00 bits per heavy atom. The van der Waals surface area contributed by atoms with Crippen molar-refractivity contribution in [3.05, 3.63) is 58.0 Å². The average Bonchev–Trinajstić information content (AvgIpc) is 3.03. The van der Waals surface area contributed by atoms with E-state index in [0.29, 0.717) is 21.1 Å². The molecule has 1 amide bonds. The second-order valence-corrected chi connectivity index (χ2v) is 5.98. The summed E-state index contributed by atoms with van der Waals surface area (Å²) < 4.78 is 11.5. The normalized spacial score (nSPS) is 10.4. The number of rotatable bonds is 5. The minimum absolute atomic E-state index is 0.0117. The minimum atomic E-state index is -0.417. The molecular weight excluding hydrogens is 398 g/mol. The Morgan fingerprint density at radius 1 is 1.21 bits per heavy atom. The first-order valence-electron chi connectivity index (χ1n) is 6.88. The minimum Gasteiger partial charge on any atom is -0.483 e. The van der Waals surface area contributed by atoms with Crippen LogP contribution in [0.3, 0.4) is 0 Å². The molecule has 0 saturated heterocycles. The van der Waals surface area contributed by atoms with Gasteiger partial charge in [-0.15, -0.1) is 5.10 Å². The zero-order chi connectivity index (χ0) is 16.9. The van der Waals surface area contributed by atoms with Crippen molar-refractivity contribution in [3.63, 3.8) is 0 Å². The van der Waals surface area contributed by atoms with Gasteiger partial charge in [0.1, 0.15) is 5.75 Å². The lowest BCUT2D eigenvalue weighted by Crippen LogP contribution is -2.20. The van der Waals surface area contributed by atoms with E-state index in [1.54, 1.807) is 18.2 Å². The van der Waals surface area contributed by atoms with E-state index < -0.39 is 5.91 Å². The second kappa shape index (κ2) is 7.46. The number of nitrogens with one attached hydrogen (secondary N) is 1. The maximum absolute atomic E-state index is 11.9. The number of amides is 1. The summed E-state index contributed by atoms with van der Waals surface area (Å²) in [6.45, 7) is -0.205. The highest BCUT2D eigenvalue weighted by Crippen LogP contribution is 2.28. The van der Waals surface area contributed by atoms with Crippen LogP contribution in [0.1, 0.15) is 0 Å². The molecular formula is C16H11BrClN3O3. The Morgan fingerprint density at radius 3 is 2.75 bits per heavy atom. The molecule has 1 N–H and O–H groups in total. The van der Waals surface area contributed by atoms with Crippen LogP contribution in [-0.2, 0) is 4.79 Å². The fraction of sp³-hybridized carbons (Fsp3) is 0.0625. The molecule has 122 valence electrons. The van der Waals surface area contributed by atoms with E-state index >= 15 is 0 Å². The Hall–Kier alpha value is -2.38. The predicted molar refractivity (Wildman–Crippen MR) is 93.0 cm³/mol.